The first-order valence-corrected chi connectivity index (χ1v) is 21.0. The van der Waals surface area contributed by atoms with E-state index >= 15 is 0 Å². The van der Waals surface area contributed by atoms with E-state index in [9.17, 15) is 79.0 Å². The molecule has 4 aromatic rings. The maximum absolute atomic E-state index is 13.6. The number of hydrogen-bond acceptors (Lipinski definition) is 3. The fraction of sp³-hybridized carbons (Fsp3) is 0.357. The van der Waals surface area contributed by atoms with E-state index in [1.807, 2.05) is 0 Å². The van der Waals surface area contributed by atoms with Gasteiger partial charge in [-0.1, -0.05) is 20.8 Å². The lowest BCUT2D eigenvalue weighted by Gasteiger charge is -2.27. The molecule has 0 amide bonds. The Morgan fingerprint density at radius 1 is 0.319 bits per heavy atom. The molecule has 0 heterocycles. The smallest absolute Gasteiger partial charge is 0.358 e. The zero-order chi connectivity index (χ0) is 52.2. The normalized spacial score (nSPS) is 12.7. The Labute approximate surface area is 397 Å². The van der Waals surface area contributed by atoms with Crippen LogP contribution in [0.25, 0.3) is 0 Å². The minimum atomic E-state index is -5.19. The highest BCUT2D eigenvalue weighted by molar-refractivity contribution is 7.80. The summed E-state index contributed by atoms with van der Waals surface area (Å²) in [6.45, 7) is 4.14. The highest BCUT2D eigenvalue weighted by Gasteiger charge is 2.40. The maximum Gasteiger partial charge on any atom is 0.416 e. The van der Waals surface area contributed by atoms with Crippen LogP contribution in [0.15, 0.2) is 54.6 Å². The molecule has 27 heteroatoms. The topological polar surface area (TPSA) is 72.2 Å². The van der Waals surface area contributed by atoms with Gasteiger partial charge in [-0.15, -0.1) is 0 Å². The van der Waals surface area contributed by atoms with Crippen LogP contribution in [0.3, 0.4) is 0 Å². The fourth-order valence-corrected chi connectivity index (χ4v) is 7.70. The van der Waals surface area contributed by atoms with Crippen molar-refractivity contribution in [1.29, 1.82) is 0 Å². The van der Waals surface area contributed by atoms with Crippen molar-refractivity contribution in [3.8, 4) is 0 Å². The van der Waals surface area contributed by atoms with Crippen molar-refractivity contribution in [3.63, 3.8) is 0 Å². The summed E-state index contributed by atoms with van der Waals surface area (Å²) in [7, 11) is 0. The quantitative estimate of drug-likeness (QED) is 0.0615. The number of thiocarbonyl (C=S) groups is 3. The molecule has 69 heavy (non-hydrogen) atoms. The first-order valence-electron chi connectivity index (χ1n) is 19.8. The van der Waals surface area contributed by atoms with Crippen molar-refractivity contribution in [1.82, 2.24) is 16.0 Å². The summed E-state index contributed by atoms with van der Waals surface area (Å²) >= 11 is 15.8. The monoisotopic (exact) mass is 1060 g/mol. The van der Waals surface area contributed by atoms with Gasteiger partial charge in [0.25, 0.3) is 0 Å². The van der Waals surface area contributed by atoms with Gasteiger partial charge < -0.3 is 31.9 Å². The number of halogens is 18. The van der Waals surface area contributed by atoms with Crippen molar-refractivity contribution in [2.24, 2.45) is 0 Å². The molecule has 0 spiro atoms. The van der Waals surface area contributed by atoms with E-state index in [4.69, 9.17) is 36.7 Å². The maximum atomic E-state index is 13.6. The van der Waals surface area contributed by atoms with E-state index in [1.54, 1.807) is 20.8 Å². The minimum Gasteiger partial charge on any atom is -0.358 e. The lowest BCUT2D eigenvalue weighted by atomic mass is 9.83. The number of nitrogens with one attached hydrogen (secondary N) is 6. The summed E-state index contributed by atoms with van der Waals surface area (Å²) in [6, 6.07) is 2.07. The highest BCUT2D eigenvalue weighted by Crippen LogP contribution is 2.41. The summed E-state index contributed by atoms with van der Waals surface area (Å²) in [5, 5.41) is 13.8. The molecule has 0 fully saturated rings. The summed E-state index contributed by atoms with van der Waals surface area (Å²) in [5.74, 6) is 0. The molecule has 378 valence electrons. The van der Waals surface area contributed by atoms with Crippen LogP contribution in [0.5, 0.6) is 0 Å². The van der Waals surface area contributed by atoms with Crippen molar-refractivity contribution in [2.75, 3.05) is 16.0 Å². The van der Waals surface area contributed by atoms with Gasteiger partial charge in [0, 0.05) is 36.7 Å². The standard InChI is InChI=1S/C42H36F18N6S3/c1-4-28-31(16-61-34(67)64-25-10-19(37(43,44)45)7-20(11-25)38(46,47)48)29(5-2)33(18-63-36(69)66-27-14-23(41(55,56)57)9-24(15-27)42(58,59)60)30(6-3)32(28)17-62-35(68)65-26-12-21(39(49,50)51)8-22(13-26)40(52,53)54/h7-15H,4-6,16-18H2,1-3H3,(H2,61,64,67)(H2,62,65,68)(H2,63,66,69). The van der Waals surface area contributed by atoms with E-state index in [0.717, 1.165) is 0 Å². The molecule has 0 saturated carbocycles. The van der Waals surface area contributed by atoms with Gasteiger partial charge in [0.15, 0.2) is 15.3 Å². The number of rotatable bonds is 12. The molecular weight excluding hydrogens is 1030 g/mol. The average molecular weight is 1060 g/mol. The van der Waals surface area contributed by atoms with Gasteiger partial charge in [-0.25, -0.2) is 0 Å². The molecule has 4 aromatic carbocycles. The van der Waals surface area contributed by atoms with Crippen LogP contribution in [0.4, 0.5) is 96.1 Å². The summed E-state index contributed by atoms with van der Waals surface area (Å²) in [6.07, 6.45) is -30.6. The average Bonchev–Trinajstić information content (AvgIpc) is 3.21. The molecular formula is C42H36F18N6S3. The van der Waals surface area contributed by atoms with Crippen molar-refractivity contribution >= 4 is 69.1 Å². The van der Waals surface area contributed by atoms with Crippen LogP contribution in [0.2, 0.25) is 0 Å². The van der Waals surface area contributed by atoms with Crippen LogP contribution >= 0.6 is 36.7 Å². The Morgan fingerprint density at radius 3 is 0.638 bits per heavy atom. The second-order valence-corrected chi connectivity index (χ2v) is 16.0. The molecule has 6 N–H and O–H groups in total. The van der Waals surface area contributed by atoms with Crippen molar-refractivity contribution in [2.45, 2.75) is 96.7 Å². The van der Waals surface area contributed by atoms with Crippen LogP contribution in [-0.4, -0.2) is 15.3 Å². The van der Waals surface area contributed by atoms with Gasteiger partial charge in [-0.3, -0.25) is 0 Å². The largest absolute Gasteiger partial charge is 0.416 e. The molecule has 4 rings (SSSR count). The van der Waals surface area contributed by atoms with Gasteiger partial charge in [0.2, 0.25) is 0 Å². The van der Waals surface area contributed by atoms with E-state index in [2.05, 4.69) is 31.9 Å². The Bertz CT molecular complexity index is 2150. The first-order chi connectivity index (χ1) is 31.6. The second kappa shape index (κ2) is 21.4. The van der Waals surface area contributed by atoms with E-state index in [1.165, 1.54) is 0 Å². The molecule has 0 aliphatic carbocycles. The second-order valence-electron chi connectivity index (χ2n) is 14.7. The van der Waals surface area contributed by atoms with E-state index < -0.39 is 103 Å². The van der Waals surface area contributed by atoms with Gasteiger partial charge in [-0.2, -0.15) is 79.0 Å². The first kappa shape index (κ1) is 56.3. The molecule has 0 saturated heterocycles. The van der Waals surface area contributed by atoms with Gasteiger partial charge in [-0.05, 0) is 144 Å². The molecule has 0 aliphatic heterocycles. The van der Waals surface area contributed by atoms with Crippen molar-refractivity contribution in [3.05, 3.63) is 121 Å². The predicted molar refractivity (Wildman–Crippen MR) is 233 cm³/mol. The third-order valence-electron chi connectivity index (χ3n) is 10.1. The number of alkyl halides is 18. The van der Waals surface area contributed by atoms with Gasteiger partial charge in [0.1, 0.15) is 0 Å². The Balaban J connectivity index is 1.77. The zero-order valence-corrected chi connectivity index (χ0v) is 37.9. The number of hydrogen-bond donors (Lipinski definition) is 6. The lowest BCUT2D eigenvalue weighted by molar-refractivity contribution is -0.144. The number of anilines is 3. The minimum absolute atomic E-state index is 0.0930. The van der Waals surface area contributed by atoms with Gasteiger partial charge >= 0.3 is 37.1 Å². The number of benzene rings is 4. The predicted octanol–water partition coefficient (Wildman–Crippen LogP) is 13.9. The molecule has 0 bridgehead atoms. The van der Waals surface area contributed by atoms with Crippen LogP contribution in [0.1, 0.15) is 87.5 Å². The fourth-order valence-electron chi connectivity index (χ4n) is 7.13. The van der Waals surface area contributed by atoms with E-state index in [-0.39, 0.29) is 57.1 Å². The lowest BCUT2D eigenvalue weighted by Crippen LogP contribution is -2.33. The van der Waals surface area contributed by atoms with Crippen LogP contribution < -0.4 is 31.9 Å². The molecule has 0 aromatic heterocycles. The Kier molecular flexibility index (Phi) is 17.4. The molecule has 0 radical (unpaired) electrons. The molecule has 0 atom stereocenters. The summed E-state index contributed by atoms with van der Waals surface area (Å²) in [5.41, 5.74) is -9.15. The highest BCUT2D eigenvalue weighted by atomic mass is 32.1. The summed E-state index contributed by atoms with van der Waals surface area (Å²) < 4.78 is 245. The Hall–Kier alpha value is -5.31. The molecule has 0 aliphatic rings. The van der Waals surface area contributed by atoms with Crippen LogP contribution in [-0.2, 0) is 76.0 Å². The SMILES string of the molecule is CCc1c(CNC(=S)Nc2cc(C(F)(F)F)cc(C(F)(F)F)c2)c(CC)c(CNC(=S)Nc2cc(C(F)(F)F)cc(C(F)(F)F)c2)c(CC)c1CNC(=S)Nc1cc(C(F)(F)F)cc(C(F)(F)F)c1. The Morgan fingerprint density at radius 2 is 0.493 bits per heavy atom. The third-order valence-corrected chi connectivity index (χ3v) is 10.8. The zero-order valence-electron chi connectivity index (χ0n) is 35.5. The third kappa shape index (κ3) is 15.1. The molecule has 0 unspecified atom stereocenters. The van der Waals surface area contributed by atoms with Crippen LogP contribution in [0, 0.1) is 0 Å². The summed E-state index contributed by atoms with van der Waals surface area (Å²) in [4.78, 5) is 0. The van der Waals surface area contributed by atoms with Gasteiger partial charge in [0.05, 0.1) is 33.4 Å². The van der Waals surface area contributed by atoms with E-state index in [0.29, 0.717) is 69.8 Å². The van der Waals surface area contributed by atoms with Crippen molar-refractivity contribution < 1.29 is 79.0 Å². The molecule has 6 nitrogen and oxygen atoms in total.